The van der Waals surface area contributed by atoms with Crippen LogP contribution in [0, 0.1) is 0 Å². The minimum absolute atomic E-state index is 0.691. The van der Waals surface area contributed by atoms with Gasteiger partial charge >= 0.3 is 6.03 Å². The van der Waals surface area contributed by atoms with Gasteiger partial charge in [-0.25, -0.2) is 9.69 Å². The molecule has 0 aromatic carbocycles. The Morgan fingerprint density at radius 3 is 2.08 bits per heavy atom. The fourth-order valence-corrected chi connectivity index (χ4v) is 0.979. The van der Waals surface area contributed by atoms with E-state index < -0.39 is 23.4 Å². The molecule has 0 radical (unpaired) electrons. The van der Waals surface area contributed by atoms with Gasteiger partial charge in [0.15, 0.2) is 0 Å². The average Bonchev–Trinajstić information content (AvgIpc) is 1.83. The van der Waals surface area contributed by atoms with E-state index in [-0.39, 0.29) is 0 Å². The van der Waals surface area contributed by atoms with Gasteiger partial charge in [0, 0.05) is 0 Å². The maximum atomic E-state index is 10.9. The number of nitrogens with two attached hydrogens (primary N) is 1. The number of aliphatic hydroxyl groups excluding tert-OH is 1. The van der Waals surface area contributed by atoms with E-state index in [0.29, 0.717) is 4.90 Å². The molecule has 0 fully saturated rings. The number of imide groups is 1. The Morgan fingerprint density at radius 1 is 1.58 bits per heavy atom. The van der Waals surface area contributed by atoms with Gasteiger partial charge in [-0.1, -0.05) is 0 Å². The molecule has 12 heavy (non-hydrogen) atoms. The molecule has 6 heteroatoms. The predicted molar refractivity (Wildman–Crippen MR) is 46.6 cm³/mol. The number of thiol groups is 1. The van der Waals surface area contributed by atoms with Crippen molar-refractivity contribution in [1.29, 1.82) is 0 Å². The van der Waals surface area contributed by atoms with Gasteiger partial charge in [0.2, 0.25) is 0 Å². The van der Waals surface area contributed by atoms with E-state index in [2.05, 4.69) is 12.6 Å². The number of primary amides is 1. The van der Waals surface area contributed by atoms with E-state index in [4.69, 9.17) is 10.8 Å². The van der Waals surface area contributed by atoms with Crippen molar-refractivity contribution < 1.29 is 14.7 Å². The summed E-state index contributed by atoms with van der Waals surface area (Å²) in [5.41, 5.74) is 4.91. The largest absolute Gasteiger partial charge is 0.387 e. The summed E-state index contributed by atoms with van der Waals surface area (Å²) in [5.74, 6) is -0.762. The molecule has 0 heterocycles. The molecule has 70 valence electrons. The molecule has 0 atom stereocenters. The van der Waals surface area contributed by atoms with Crippen LogP contribution >= 0.6 is 12.6 Å². The smallest absolute Gasteiger partial charge is 0.322 e. The molecule has 0 aromatic heterocycles. The zero-order chi connectivity index (χ0) is 9.94. The lowest BCUT2D eigenvalue weighted by Gasteiger charge is -2.30. The van der Waals surface area contributed by atoms with Gasteiger partial charge in [0.05, 0.1) is 4.87 Å². The van der Waals surface area contributed by atoms with E-state index in [1.54, 1.807) is 0 Å². The molecule has 0 spiro atoms. The van der Waals surface area contributed by atoms with Gasteiger partial charge < -0.3 is 10.8 Å². The second kappa shape index (κ2) is 3.77. The molecule has 0 aromatic rings. The number of carbonyl (C=O) groups is 2. The summed E-state index contributed by atoms with van der Waals surface area (Å²) in [6, 6.07) is -0.922. The van der Waals surface area contributed by atoms with Crippen molar-refractivity contribution in [2.75, 3.05) is 6.61 Å². The predicted octanol–water partition coefficient (Wildman–Crippen LogP) is -0.448. The molecule has 0 aliphatic heterocycles. The highest BCUT2D eigenvalue weighted by Gasteiger charge is 2.30. The first kappa shape index (κ1) is 11.2. The fraction of sp³-hybridized carbons (Fsp3) is 0.667. The van der Waals surface area contributed by atoms with Crippen molar-refractivity contribution in [1.82, 2.24) is 4.90 Å². The minimum Gasteiger partial charge on any atom is -0.387 e. The van der Waals surface area contributed by atoms with E-state index in [9.17, 15) is 9.59 Å². The lowest BCUT2D eigenvalue weighted by atomic mass is 10.3. The van der Waals surface area contributed by atoms with Gasteiger partial charge in [0.25, 0.3) is 5.91 Å². The molecule has 5 nitrogen and oxygen atoms in total. The number of carbonyl (C=O) groups excluding carboxylic acids is 2. The monoisotopic (exact) mass is 192 g/mol. The number of hydrogen-bond acceptors (Lipinski definition) is 4. The summed E-state index contributed by atoms with van der Waals surface area (Å²) in [6.45, 7) is 2.29. The Kier molecular flexibility index (Phi) is 3.54. The Morgan fingerprint density at radius 2 is 2.00 bits per heavy atom. The quantitative estimate of drug-likeness (QED) is 0.409. The topological polar surface area (TPSA) is 83.6 Å². The summed E-state index contributed by atoms with van der Waals surface area (Å²) in [4.78, 5) is 21.3. The number of hydrogen-bond donors (Lipinski definition) is 3. The van der Waals surface area contributed by atoms with Crippen LogP contribution < -0.4 is 5.73 Å². The highest BCUT2D eigenvalue weighted by atomic mass is 32.1. The Labute approximate surface area is 75.9 Å². The Hall–Kier alpha value is -0.750. The third-order valence-electron chi connectivity index (χ3n) is 1.15. The Bertz CT molecular complexity index is 199. The minimum atomic E-state index is -0.994. The first-order valence-electron chi connectivity index (χ1n) is 3.26. The number of aliphatic hydroxyl groups is 1. The maximum absolute atomic E-state index is 10.9. The van der Waals surface area contributed by atoms with E-state index in [1.165, 1.54) is 13.8 Å². The molecule has 0 saturated heterocycles. The van der Waals surface area contributed by atoms with Crippen LogP contribution in [0.5, 0.6) is 0 Å². The van der Waals surface area contributed by atoms with Crippen molar-refractivity contribution in [2.24, 2.45) is 5.73 Å². The van der Waals surface area contributed by atoms with Crippen molar-refractivity contribution in [3.8, 4) is 0 Å². The highest BCUT2D eigenvalue weighted by molar-refractivity contribution is 7.81. The van der Waals surface area contributed by atoms with Crippen molar-refractivity contribution in [3.63, 3.8) is 0 Å². The van der Waals surface area contributed by atoms with Gasteiger partial charge in [-0.2, -0.15) is 12.6 Å². The molecule has 0 unspecified atom stereocenters. The molecule has 0 aliphatic carbocycles. The molecule has 0 aliphatic rings. The standard InChI is InChI=1S/C6H12N2O3S/c1-6(2,12)8(5(7)11)4(10)3-9/h9,12H,3H2,1-2H3,(H2,7,11). The van der Waals surface area contributed by atoms with Crippen molar-refractivity contribution >= 4 is 24.6 Å². The van der Waals surface area contributed by atoms with Crippen LogP contribution in [0.3, 0.4) is 0 Å². The number of amides is 3. The molecule has 0 saturated carbocycles. The van der Waals surface area contributed by atoms with E-state index >= 15 is 0 Å². The van der Waals surface area contributed by atoms with Gasteiger partial charge in [-0.15, -0.1) is 0 Å². The summed E-state index contributed by atoms with van der Waals surface area (Å²) in [5, 5.41) is 8.48. The van der Waals surface area contributed by atoms with Crippen LogP contribution in [0.4, 0.5) is 4.79 Å². The van der Waals surface area contributed by atoms with Gasteiger partial charge in [0.1, 0.15) is 6.61 Å². The van der Waals surface area contributed by atoms with Crippen LogP contribution in [0.1, 0.15) is 13.8 Å². The SMILES string of the molecule is CC(C)(S)N(C(N)=O)C(=O)CO. The molecular formula is C6H12N2O3S. The highest BCUT2D eigenvalue weighted by Crippen LogP contribution is 2.18. The molecule has 0 rings (SSSR count). The second-order valence-corrected chi connectivity index (χ2v) is 3.81. The first-order valence-corrected chi connectivity index (χ1v) is 3.71. The zero-order valence-corrected chi connectivity index (χ0v) is 7.84. The molecule has 3 amide bonds. The van der Waals surface area contributed by atoms with Crippen LogP contribution in [0.15, 0.2) is 0 Å². The van der Waals surface area contributed by atoms with Crippen LogP contribution in [0.25, 0.3) is 0 Å². The summed E-state index contributed by atoms with van der Waals surface area (Å²) >= 11 is 3.98. The fourth-order valence-electron chi connectivity index (χ4n) is 0.768. The lowest BCUT2D eigenvalue weighted by Crippen LogP contribution is -2.51. The summed E-state index contributed by atoms with van der Waals surface area (Å²) in [7, 11) is 0. The normalized spacial score (nSPS) is 11.0. The van der Waals surface area contributed by atoms with Gasteiger partial charge in [-0.05, 0) is 13.8 Å². The van der Waals surface area contributed by atoms with E-state index in [1.807, 2.05) is 0 Å². The second-order valence-electron chi connectivity index (χ2n) is 2.72. The van der Waals surface area contributed by atoms with Crippen LogP contribution in [0.2, 0.25) is 0 Å². The van der Waals surface area contributed by atoms with Crippen molar-refractivity contribution in [3.05, 3.63) is 0 Å². The third kappa shape index (κ3) is 2.71. The van der Waals surface area contributed by atoms with E-state index in [0.717, 1.165) is 0 Å². The number of nitrogens with zero attached hydrogens (tertiary/aromatic N) is 1. The molecule has 3 N–H and O–H groups in total. The molecular weight excluding hydrogens is 180 g/mol. The molecule has 0 bridgehead atoms. The van der Waals surface area contributed by atoms with Crippen LogP contribution in [-0.2, 0) is 4.79 Å². The average molecular weight is 192 g/mol. The first-order chi connectivity index (χ1) is 5.30. The lowest BCUT2D eigenvalue weighted by molar-refractivity contribution is -0.132. The number of rotatable bonds is 2. The maximum Gasteiger partial charge on any atom is 0.322 e. The number of urea groups is 1. The zero-order valence-electron chi connectivity index (χ0n) is 6.94. The van der Waals surface area contributed by atoms with Gasteiger partial charge in [-0.3, -0.25) is 4.79 Å². The summed E-state index contributed by atoms with van der Waals surface area (Å²) < 4.78 is 0. The third-order valence-corrected chi connectivity index (χ3v) is 1.35. The Balaban J connectivity index is 4.68. The summed E-state index contributed by atoms with van der Waals surface area (Å²) in [6.07, 6.45) is 0. The van der Waals surface area contributed by atoms with Crippen LogP contribution in [-0.4, -0.2) is 33.4 Å². The van der Waals surface area contributed by atoms with Crippen molar-refractivity contribution in [2.45, 2.75) is 18.7 Å².